The van der Waals surface area contributed by atoms with Gasteiger partial charge in [0.1, 0.15) is 23.3 Å². The van der Waals surface area contributed by atoms with Gasteiger partial charge in [-0.15, -0.1) is 0 Å². The summed E-state index contributed by atoms with van der Waals surface area (Å²) in [6.07, 6.45) is 1.48. The van der Waals surface area contributed by atoms with E-state index in [4.69, 9.17) is 14.7 Å². The van der Waals surface area contributed by atoms with Crippen molar-refractivity contribution >= 4 is 0 Å². The van der Waals surface area contributed by atoms with E-state index in [2.05, 4.69) is 9.97 Å². The largest absolute Gasteiger partial charge is 0.494 e. The first-order valence-electron chi connectivity index (χ1n) is 5.45. The van der Waals surface area contributed by atoms with E-state index in [0.717, 1.165) is 5.75 Å². The minimum absolute atomic E-state index is 0.151. The Balaban J connectivity index is 2.11. The SMILES string of the molecule is CCOc1ccc(Oc2nccc(C#N)n2)cc1. The molecule has 0 atom stereocenters. The molecule has 1 heterocycles. The van der Waals surface area contributed by atoms with Crippen molar-refractivity contribution in [1.29, 1.82) is 5.26 Å². The molecular weight excluding hydrogens is 230 g/mol. The summed E-state index contributed by atoms with van der Waals surface area (Å²) in [6.45, 7) is 2.54. The molecule has 1 aromatic carbocycles. The highest BCUT2D eigenvalue weighted by atomic mass is 16.5. The van der Waals surface area contributed by atoms with E-state index in [9.17, 15) is 0 Å². The van der Waals surface area contributed by atoms with Crippen LogP contribution < -0.4 is 9.47 Å². The molecule has 0 saturated heterocycles. The summed E-state index contributed by atoms with van der Waals surface area (Å²) in [5.74, 6) is 1.37. The van der Waals surface area contributed by atoms with Gasteiger partial charge in [0.05, 0.1) is 6.61 Å². The number of hydrogen-bond acceptors (Lipinski definition) is 5. The molecule has 1 aromatic heterocycles. The van der Waals surface area contributed by atoms with Crippen LogP contribution in [0.25, 0.3) is 0 Å². The third-order valence-corrected chi connectivity index (χ3v) is 2.09. The Morgan fingerprint density at radius 3 is 2.56 bits per heavy atom. The van der Waals surface area contributed by atoms with Crippen LogP contribution >= 0.6 is 0 Å². The lowest BCUT2D eigenvalue weighted by Crippen LogP contribution is -1.94. The van der Waals surface area contributed by atoms with E-state index in [0.29, 0.717) is 12.4 Å². The lowest BCUT2D eigenvalue weighted by atomic mass is 10.3. The van der Waals surface area contributed by atoms with Gasteiger partial charge in [0, 0.05) is 6.20 Å². The van der Waals surface area contributed by atoms with Crippen LogP contribution in [0.5, 0.6) is 17.5 Å². The fraction of sp³-hybridized carbons (Fsp3) is 0.154. The maximum Gasteiger partial charge on any atom is 0.323 e. The smallest absolute Gasteiger partial charge is 0.323 e. The minimum atomic E-state index is 0.151. The quantitative estimate of drug-likeness (QED) is 0.822. The second kappa shape index (κ2) is 5.64. The summed E-state index contributed by atoms with van der Waals surface area (Å²) in [5.41, 5.74) is 0.269. The molecule has 0 unspecified atom stereocenters. The normalized spacial score (nSPS) is 9.56. The Morgan fingerprint density at radius 1 is 1.17 bits per heavy atom. The van der Waals surface area contributed by atoms with E-state index in [-0.39, 0.29) is 11.7 Å². The molecule has 0 spiro atoms. The second-order valence-corrected chi connectivity index (χ2v) is 3.34. The van der Waals surface area contributed by atoms with Crippen LogP contribution in [0.4, 0.5) is 0 Å². The van der Waals surface area contributed by atoms with Crippen LogP contribution in [0.2, 0.25) is 0 Å². The Morgan fingerprint density at radius 2 is 1.89 bits per heavy atom. The van der Waals surface area contributed by atoms with Crippen molar-refractivity contribution in [3.05, 3.63) is 42.2 Å². The zero-order chi connectivity index (χ0) is 12.8. The molecule has 0 radical (unpaired) electrons. The summed E-state index contributed by atoms with van der Waals surface area (Å²) in [5, 5.41) is 8.71. The van der Waals surface area contributed by atoms with Gasteiger partial charge in [-0.3, -0.25) is 0 Å². The van der Waals surface area contributed by atoms with Gasteiger partial charge in [-0.1, -0.05) is 0 Å². The standard InChI is InChI=1S/C13H11N3O2/c1-2-17-11-3-5-12(6-4-11)18-13-15-8-7-10(9-14)16-13/h3-8H,2H2,1H3. The molecule has 0 aliphatic rings. The van der Waals surface area contributed by atoms with Gasteiger partial charge >= 0.3 is 6.01 Å². The van der Waals surface area contributed by atoms with Crippen molar-refractivity contribution in [1.82, 2.24) is 9.97 Å². The third kappa shape index (κ3) is 2.95. The molecule has 0 saturated carbocycles. The number of nitriles is 1. The Labute approximate surface area is 105 Å². The van der Waals surface area contributed by atoms with Crippen LogP contribution in [0, 0.1) is 11.3 Å². The first-order valence-corrected chi connectivity index (χ1v) is 5.45. The molecule has 5 heteroatoms. The van der Waals surface area contributed by atoms with Gasteiger partial charge in [0.25, 0.3) is 0 Å². The average molecular weight is 241 g/mol. The van der Waals surface area contributed by atoms with Crippen LogP contribution in [0.1, 0.15) is 12.6 Å². The predicted molar refractivity (Wildman–Crippen MR) is 64.4 cm³/mol. The van der Waals surface area contributed by atoms with Crippen LogP contribution in [0.15, 0.2) is 36.5 Å². The lowest BCUT2D eigenvalue weighted by Gasteiger charge is -2.05. The first-order chi connectivity index (χ1) is 8.81. The first kappa shape index (κ1) is 11.9. The molecule has 5 nitrogen and oxygen atoms in total. The van der Waals surface area contributed by atoms with Crippen LogP contribution in [-0.2, 0) is 0 Å². The number of nitrogens with zero attached hydrogens (tertiary/aromatic N) is 3. The van der Waals surface area contributed by atoms with Crippen molar-refractivity contribution in [3.63, 3.8) is 0 Å². The number of ether oxygens (including phenoxy) is 2. The summed E-state index contributed by atoms with van der Waals surface area (Å²) in [7, 11) is 0. The van der Waals surface area contributed by atoms with E-state index in [1.165, 1.54) is 12.3 Å². The third-order valence-electron chi connectivity index (χ3n) is 2.09. The molecule has 2 aromatic rings. The minimum Gasteiger partial charge on any atom is -0.494 e. The number of rotatable bonds is 4. The van der Waals surface area contributed by atoms with E-state index < -0.39 is 0 Å². The van der Waals surface area contributed by atoms with Gasteiger partial charge in [0.2, 0.25) is 0 Å². The van der Waals surface area contributed by atoms with Gasteiger partial charge < -0.3 is 9.47 Å². The van der Waals surface area contributed by atoms with Crippen molar-refractivity contribution < 1.29 is 9.47 Å². The average Bonchev–Trinajstić information content (AvgIpc) is 2.42. The van der Waals surface area contributed by atoms with Gasteiger partial charge in [-0.25, -0.2) is 4.98 Å². The topological polar surface area (TPSA) is 68.0 Å². The monoisotopic (exact) mass is 241 g/mol. The molecular formula is C13H11N3O2. The van der Waals surface area contributed by atoms with Gasteiger partial charge in [0.15, 0.2) is 0 Å². The fourth-order valence-electron chi connectivity index (χ4n) is 1.33. The number of hydrogen-bond donors (Lipinski definition) is 0. The lowest BCUT2D eigenvalue weighted by molar-refractivity contribution is 0.339. The van der Waals surface area contributed by atoms with Crippen molar-refractivity contribution in [2.75, 3.05) is 6.61 Å². The molecule has 0 N–H and O–H groups in total. The maximum atomic E-state index is 8.71. The predicted octanol–water partition coefficient (Wildman–Crippen LogP) is 2.54. The highest BCUT2D eigenvalue weighted by Gasteiger charge is 2.02. The molecule has 0 aliphatic heterocycles. The molecule has 18 heavy (non-hydrogen) atoms. The van der Waals surface area contributed by atoms with E-state index in [1.54, 1.807) is 24.3 Å². The molecule has 2 rings (SSSR count). The van der Waals surface area contributed by atoms with Crippen molar-refractivity contribution in [2.24, 2.45) is 0 Å². The Hall–Kier alpha value is -2.61. The van der Waals surface area contributed by atoms with E-state index >= 15 is 0 Å². The molecule has 90 valence electrons. The molecule has 0 fully saturated rings. The number of benzene rings is 1. The summed E-state index contributed by atoms with van der Waals surface area (Å²) < 4.78 is 10.7. The second-order valence-electron chi connectivity index (χ2n) is 3.34. The molecule has 0 amide bonds. The van der Waals surface area contributed by atoms with E-state index in [1.807, 2.05) is 13.0 Å². The number of aromatic nitrogens is 2. The van der Waals surface area contributed by atoms with Gasteiger partial charge in [-0.05, 0) is 37.3 Å². The molecule has 0 aliphatic carbocycles. The van der Waals surface area contributed by atoms with Crippen molar-refractivity contribution in [3.8, 4) is 23.6 Å². The zero-order valence-electron chi connectivity index (χ0n) is 9.83. The van der Waals surface area contributed by atoms with Gasteiger partial charge in [-0.2, -0.15) is 10.2 Å². The highest BCUT2D eigenvalue weighted by Crippen LogP contribution is 2.21. The highest BCUT2D eigenvalue weighted by molar-refractivity contribution is 5.33. The summed E-state index contributed by atoms with van der Waals surface area (Å²) >= 11 is 0. The Bertz CT molecular complexity index is 561. The maximum absolute atomic E-state index is 8.71. The summed E-state index contributed by atoms with van der Waals surface area (Å²) in [6, 6.07) is 10.7. The Kier molecular flexibility index (Phi) is 3.72. The van der Waals surface area contributed by atoms with Crippen LogP contribution in [0.3, 0.4) is 0 Å². The fourth-order valence-corrected chi connectivity index (χ4v) is 1.33. The molecule has 0 bridgehead atoms. The van der Waals surface area contributed by atoms with Crippen LogP contribution in [-0.4, -0.2) is 16.6 Å². The summed E-state index contributed by atoms with van der Waals surface area (Å²) in [4.78, 5) is 7.85. The van der Waals surface area contributed by atoms with Crippen molar-refractivity contribution in [2.45, 2.75) is 6.92 Å². The zero-order valence-corrected chi connectivity index (χ0v) is 9.83.